The van der Waals surface area contributed by atoms with E-state index in [9.17, 15) is 13.2 Å². The molecule has 0 bridgehead atoms. The van der Waals surface area contributed by atoms with Gasteiger partial charge in [0.05, 0.1) is 0 Å². The predicted octanol–water partition coefficient (Wildman–Crippen LogP) is 5.53. The molecule has 3 nitrogen and oxygen atoms in total. The van der Waals surface area contributed by atoms with E-state index >= 15 is 0 Å². The molecule has 0 N–H and O–H groups in total. The molecule has 0 radical (unpaired) electrons. The number of aryl methyl sites for hydroxylation is 1. The summed E-state index contributed by atoms with van der Waals surface area (Å²) in [6, 6.07) is 9.30. The first-order valence-corrected chi connectivity index (χ1v) is 8.63. The first-order chi connectivity index (χ1) is 11.6. The smallest absolute Gasteiger partial charge is 0.435 e. The van der Waals surface area contributed by atoms with Gasteiger partial charge in [0.1, 0.15) is 17.2 Å². The molecule has 0 spiro atoms. The van der Waals surface area contributed by atoms with Gasteiger partial charge in [-0.05, 0) is 29.2 Å². The Morgan fingerprint density at radius 1 is 1.12 bits per heavy atom. The molecule has 1 aromatic carbocycles. The van der Waals surface area contributed by atoms with Crippen molar-refractivity contribution in [2.75, 3.05) is 0 Å². The third kappa shape index (κ3) is 3.66. The number of rotatable bonds is 3. The van der Waals surface area contributed by atoms with Crippen LogP contribution in [-0.2, 0) is 25.2 Å². The summed E-state index contributed by atoms with van der Waals surface area (Å²) in [6.07, 6.45) is -4.46. The molecule has 3 rings (SSSR count). The highest BCUT2D eigenvalue weighted by Gasteiger charge is 2.37. The number of alkyl halides is 3. The van der Waals surface area contributed by atoms with Crippen LogP contribution in [0.4, 0.5) is 13.2 Å². The third-order valence-electron chi connectivity index (χ3n) is 3.93. The first-order valence-electron chi connectivity index (χ1n) is 7.81. The van der Waals surface area contributed by atoms with Crippen molar-refractivity contribution in [2.24, 2.45) is 7.05 Å². The van der Waals surface area contributed by atoms with E-state index in [1.807, 2.05) is 24.3 Å². The van der Waals surface area contributed by atoms with Gasteiger partial charge in [-0.1, -0.05) is 32.9 Å². The molecule has 7 heteroatoms. The lowest BCUT2D eigenvalue weighted by atomic mass is 9.87. The van der Waals surface area contributed by atoms with Crippen LogP contribution in [0.25, 0.3) is 10.2 Å². The Hall–Kier alpha value is -2.02. The summed E-state index contributed by atoms with van der Waals surface area (Å²) in [5, 5.41) is 3.70. The summed E-state index contributed by atoms with van der Waals surface area (Å²) >= 11 is 1.26. The van der Waals surface area contributed by atoms with Crippen molar-refractivity contribution in [3.63, 3.8) is 0 Å². The van der Waals surface area contributed by atoms with Gasteiger partial charge in [-0.15, -0.1) is 11.3 Å². The fraction of sp³-hybridized carbons (Fsp3) is 0.389. The predicted molar refractivity (Wildman–Crippen MR) is 93.1 cm³/mol. The van der Waals surface area contributed by atoms with Crippen molar-refractivity contribution in [2.45, 2.75) is 39.0 Å². The van der Waals surface area contributed by atoms with E-state index in [-0.39, 0.29) is 17.4 Å². The number of hydrogen-bond acceptors (Lipinski definition) is 3. The fourth-order valence-corrected chi connectivity index (χ4v) is 3.56. The highest BCUT2D eigenvalue weighted by Crippen LogP contribution is 2.37. The quantitative estimate of drug-likeness (QED) is 0.608. The second-order valence-corrected chi connectivity index (χ2v) is 8.08. The molecule has 3 aromatic rings. The van der Waals surface area contributed by atoms with Crippen LogP contribution in [0.2, 0.25) is 0 Å². The van der Waals surface area contributed by atoms with Gasteiger partial charge in [-0.2, -0.15) is 18.3 Å². The minimum Gasteiger partial charge on any atom is -0.488 e. The summed E-state index contributed by atoms with van der Waals surface area (Å²) < 4.78 is 46.1. The molecular formula is C18H19F3N2OS. The van der Waals surface area contributed by atoms with E-state index in [2.05, 4.69) is 25.9 Å². The van der Waals surface area contributed by atoms with Crippen molar-refractivity contribution in [3.05, 3.63) is 46.5 Å². The molecule has 0 amide bonds. The highest BCUT2D eigenvalue weighted by molar-refractivity contribution is 7.18. The minimum absolute atomic E-state index is 0.0605. The Morgan fingerprint density at radius 3 is 2.32 bits per heavy atom. The number of nitrogens with zero attached hydrogens (tertiary/aromatic N) is 2. The van der Waals surface area contributed by atoms with Crippen LogP contribution in [0.1, 0.15) is 36.9 Å². The summed E-state index contributed by atoms with van der Waals surface area (Å²) in [4.78, 5) is 1.22. The largest absolute Gasteiger partial charge is 0.488 e. The Morgan fingerprint density at radius 2 is 1.76 bits per heavy atom. The molecule has 25 heavy (non-hydrogen) atoms. The number of fused-ring (bicyclic) bond motifs is 1. The average Bonchev–Trinajstić information content (AvgIpc) is 3.04. The topological polar surface area (TPSA) is 27.1 Å². The second kappa shape index (κ2) is 6.05. The van der Waals surface area contributed by atoms with E-state index in [1.54, 1.807) is 0 Å². The molecule has 2 heterocycles. The number of benzene rings is 1. The number of hydrogen-bond donors (Lipinski definition) is 0. The summed E-state index contributed by atoms with van der Waals surface area (Å²) in [5.41, 5.74) is 0.412. The Bertz CT molecular complexity index is 886. The van der Waals surface area contributed by atoms with E-state index in [0.717, 1.165) is 4.88 Å². The van der Waals surface area contributed by atoms with Gasteiger partial charge in [0.25, 0.3) is 0 Å². The van der Waals surface area contributed by atoms with Gasteiger partial charge >= 0.3 is 6.18 Å². The van der Waals surface area contributed by atoms with Crippen molar-refractivity contribution >= 4 is 21.6 Å². The molecule has 0 aliphatic rings. The standard InChI is InChI=1S/C18H19F3N2OS/c1-17(2,3)11-5-7-12(8-6-11)24-10-13-9-14-15(18(19,20)21)22-23(4)16(14)25-13/h5-9H,10H2,1-4H3. The minimum atomic E-state index is -4.46. The summed E-state index contributed by atoms with van der Waals surface area (Å²) in [5.74, 6) is 0.694. The second-order valence-electron chi connectivity index (χ2n) is 6.96. The number of thiophene rings is 1. The lowest BCUT2D eigenvalue weighted by Crippen LogP contribution is -2.10. The molecule has 0 saturated heterocycles. The maximum atomic E-state index is 13.0. The third-order valence-corrected chi connectivity index (χ3v) is 5.11. The number of aromatic nitrogens is 2. The zero-order chi connectivity index (χ0) is 18.4. The van der Waals surface area contributed by atoms with Crippen molar-refractivity contribution in [1.29, 1.82) is 0 Å². The zero-order valence-corrected chi connectivity index (χ0v) is 15.3. The van der Waals surface area contributed by atoms with Crippen LogP contribution in [0.5, 0.6) is 5.75 Å². The monoisotopic (exact) mass is 368 g/mol. The average molecular weight is 368 g/mol. The maximum Gasteiger partial charge on any atom is 0.435 e. The molecule has 0 unspecified atom stereocenters. The van der Waals surface area contributed by atoms with E-state index < -0.39 is 11.9 Å². The van der Waals surface area contributed by atoms with Gasteiger partial charge in [-0.25, -0.2) is 0 Å². The Kier molecular flexibility index (Phi) is 4.31. The normalized spacial score (nSPS) is 12.8. The lowest BCUT2D eigenvalue weighted by molar-refractivity contribution is -0.140. The molecule has 0 fully saturated rings. The van der Waals surface area contributed by atoms with Crippen LogP contribution in [-0.4, -0.2) is 9.78 Å². The number of ether oxygens (including phenoxy) is 1. The Labute approximate surface area is 148 Å². The van der Waals surface area contributed by atoms with E-state index in [0.29, 0.717) is 10.6 Å². The van der Waals surface area contributed by atoms with Crippen LogP contribution < -0.4 is 4.74 Å². The number of halogens is 3. The SMILES string of the molecule is Cn1nc(C(F)(F)F)c2cc(COc3ccc(C(C)(C)C)cc3)sc21. The van der Waals surface area contributed by atoms with Gasteiger partial charge in [0, 0.05) is 17.3 Å². The van der Waals surface area contributed by atoms with E-state index in [4.69, 9.17) is 4.74 Å². The molecule has 0 aliphatic carbocycles. The molecule has 0 atom stereocenters. The summed E-state index contributed by atoms with van der Waals surface area (Å²) in [7, 11) is 1.52. The van der Waals surface area contributed by atoms with Crippen molar-refractivity contribution in [1.82, 2.24) is 9.78 Å². The zero-order valence-electron chi connectivity index (χ0n) is 14.4. The Balaban J connectivity index is 1.78. The fourth-order valence-electron chi connectivity index (χ4n) is 2.58. The van der Waals surface area contributed by atoms with E-state index in [1.165, 1.54) is 34.7 Å². The van der Waals surface area contributed by atoms with Gasteiger partial charge in [-0.3, -0.25) is 4.68 Å². The van der Waals surface area contributed by atoms with Crippen molar-refractivity contribution < 1.29 is 17.9 Å². The highest BCUT2D eigenvalue weighted by atomic mass is 32.1. The molecule has 0 saturated carbocycles. The van der Waals surface area contributed by atoms with Crippen LogP contribution in [0.3, 0.4) is 0 Å². The van der Waals surface area contributed by atoms with Crippen molar-refractivity contribution in [3.8, 4) is 5.75 Å². The molecule has 0 aliphatic heterocycles. The molecule has 134 valence electrons. The van der Waals surface area contributed by atoms with Gasteiger partial charge in [0.2, 0.25) is 0 Å². The van der Waals surface area contributed by atoms with Crippen LogP contribution in [0.15, 0.2) is 30.3 Å². The first kappa shape index (κ1) is 17.8. The summed E-state index contributed by atoms with van der Waals surface area (Å²) in [6.45, 7) is 6.62. The maximum absolute atomic E-state index is 13.0. The molecular weight excluding hydrogens is 349 g/mol. The van der Waals surface area contributed by atoms with Crippen LogP contribution in [0, 0.1) is 0 Å². The van der Waals surface area contributed by atoms with Gasteiger partial charge in [0.15, 0.2) is 5.69 Å². The lowest BCUT2D eigenvalue weighted by Gasteiger charge is -2.19. The molecule has 2 aromatic heterocycles. The van der Waals surface area contributed by atoms with Crippen LogP contribution >= 0.6 is 11.3 Å². The van der Waals surface area contributed by atoms with Gasteiger partial charge < -0.3 is 4.74 Å².